The number of amides is 3. The van der Waals surface area contributed by atoms with Crippen LogP contribution in [0, 0.1) is 11.8 Å². The van der Waals surface area contributed by atoms with Crippen molar-refractivity contribution >= 4 is 45.0 Å². The predicted octanol–water partition coefficient (Wildman–Crippen LogP) is 2.33. The molecular formula is C20H26N2O5S2. The van der Waals surface area contributed by atoms with E-state index in [4.69, 9.17) is 0 Å². The fourth-order valence-electron chi connectivity index (χ4n) is 4.13. The topological polar surface area (TPSA) is 101 Å². The van der Waals surface area contributed by atoms with Gasteiger partial charge in [-0.05, 0) is 49.5 Å². The monoisotopic (exact) mass is 438 g/mol. The molecule has 29 heavy (non-hydrogen) atoms. The van der Waals surface area contributed by atoms with Gasteiger partial charge >= 0.3 is 0 Å². The van der Waals surface area contributed by atoms with Crippen molar-refractivity contribution in [2.75, 3.05) is 23.6 Å². The number of imide groups is 1. The van der Waals surface area contributed by atoms with Gasteiger partial charge in [0.25, 0.3) is 0 Å². The molecule has 3 atom stereocenters. The lowest BCUT2D eigenvalue weighted by atomic mass is 9.81. The van der Waals surface area contributed by atoms with Crippen LogP contribution in [0.15, 0.2) is 29.2 Å². The van der Waals surface area contributed by atoms with E-state index in [2.05, 4.69) is 5.32 Å². The van der Waals surface area contributed by atoms with Crippen molar-refractivity contribution in [2.45, 2.75) is 43.0 Å². The Balaban J connectivity index is 1.84. The first-order valence-corrected chi connectivity index (χ1v) is 13.0. The maximum Gasteiger partial charge on any atom is 0.247 e. The average Bonchev–Trinajstić information content (AvgIpc) is 2.93. The molecule has 1 saturated carbocycles. The summed E-state index contributed by atoms with van der Waals surface area (Å²) >= 11 is 1.54. The van der Waals surface area contributed by atoms with Gasteiger partial charge in [0, 0.05) is 11.9 Å². The zero-order valence-electron chi connectivity index (χ0n) is 16.6. The molecule has 158 valence electrons. The quantitative estimate of drug-likeness (QED) is 0.656. The number of thioether (sulfide) groups is 1. The SMILES string of the molecule is CSCCC(C(=O)Nc1cccc(S(C)(=O)=O)c1)N1C(=O)C2CCCCC2C1=O. The zero-order valence-corrected chi connectivity index (χ0v) is 18.2. The zero-order chi connectivity index (χ0) is 21.2. The van der Waals surface area contributed by atoms with Crippen LogP contribution < -0.4 is 5.32 Å². The molecule has 3 unspecified atom stereocenters. The average molecular weight is 439 g/mol. The molecule has 1 heterocycles. The third-order valence-corrected chi connectivity index (χ3v) is 7.37. The minimum absolute atomic E-state index is 0.0929. The number of rotatable bonds is 7. The highest BCUT2D eigenvalue weighted by molar-refractivity contribution is 7.98. The molecule has 1 aromatic rings. The Labute approximate surface area is 175 Å². The van der Waals surface area contributed by atoms with Gasteiger partial charge in [0.15, 0.2) is 9.84 Å². The Kier molecular flexibility index (Phi) is 6.68. The number of hydrogen-bond donors (Lipinski definition) is 1. The van der Waals surface area contributed by atoms with Crippen LogP contribution in [-0.2, 0) is 24.2 Å². The molecule has 0 spiro atoms. The van der Waals surface area contributed by atoms with Gasteiger partial charge in [-0.3, -0.25) is 19.3 Å². The summed E-state index contributed by atoms with van der Waals surface area (Å²) in [6.45, 7) is 0. The lowest BCUT2D eigenvalue weighted by Crippen LogP contribution is -2.48. The van der Waals surface area contributed by atoms with Gasteiger partial charge in [-0.25, -0.2) is 8.42 Å². The van der Waals surface area contributed by atoms with Crippen molar-refractivity contribution in [1.82, 2.24) is 4.90 Å². The standard InChI is InChI=1S/C20H26N2O5S2/c1-28-11-10-17(22-19(24)15-8-3-4-9-16(15)20(22)25)18(23)21-13-6-5-7-14(12-13)29(2,26)27/h5-7,12,15-17H,3-4,8-11H2,1-2H3,(H,21,23). The largest absolute Gasteiger partial charge is 0.324 e. The summed E-state index contributed by atoms with van der Waals surface area (Å²) in [5, 5.41) is 2.70. The van der Waals surface area contributed by atoms with E-state index in [0.717, 1.165) is 19.1 Å². The highest BCUT2D eigenvalue weighted by Gasteiger charge is 2.51. The minimum atomic E-state index is -3.42. The Morgan fingerprint density at radius 3 is 2.38 bits per heavy atom. The number of benzene rings is 1. The summed E-state index contributed by atoms with van der Waals surface area (Å²) in [4.78, 5) is 40.2. The van der Waals surface area contributed by atoms with E-state index in [9.17, 15) is 22.8 Å². The lowest BCUT2D eigenvalue weighted by Gasteiger charge is -2.26. The van der Waals surface area contributed by atoms with Crippen molar-refractivity contribution in [1.29, 1.82) is 0 Å². The van der Waals surface area contributed by atoms with Gasteiger partial charge in [-0.2, -0.15) is 11.8 Å². The number of anilines is 1. The third-order valence-electron chi connectivity index (χ3n) is 5.61. The van der Waals surface area contributed by atoms with Gasteiger partial charge in [0.2, 0.25) is 17.7 Å². The summed E-state index contributed by atoms with van der Waals surface area (Å²) in [7, 11) is -3.42. The predicted molar refractivity (Wildman–Crippen MR) is 112 cm³/mol. The summed E-state index contributed by atoms with van der Waals surface area (Å²) < 4.78 is 23.5. The van der Waals surface area contributed by atoms with Gasteiger partial charge in [0.05, 0.1) is 16.7 Å². The highest BCUT2D eigenvalue weighted by Crippen LogP contribution is 2.39. The number of nitrogens with zero attached hydrogens (tertiary/aromatic N) is 1. The Bertz CT molecular complexity index is 891. The molecule has 0 bridgehead atoms. The van der Waals surface area contributed by atoms with E-state index in [1.54, 1.807) is 12.1 Å². The minimum Gasteiger partial charge on any atom is -0.324 e. The smallest absolute Gasteiger partial charge is 0.247 e. The number of likely N-dealkylation sites (tertiary alicyclic amines) is 1. The maximum absolute atomic E-state index is 13.0. The van der Waals surface area contributed by atoms with Crippen molar-refractivity contribution in [3.63, 3.8) is 0 Å². The van der Waals surface area contributed by atoms with E-state index in [-0.39, 0.29) is 28.5 Å². The third kappa shape index (κ3) is 4.66. The van der Waals surface area contributed by atoms with Crippen LogP contribution in [0.2, 0.25) is 0 Å². The van der Waals surface area contributed by atoms with Crippen LogP contribution in [0.1, 0.15) is 32.1 Å². The normalized spacial score (nSPS) is 23.0. The van der Waals surface area contributed by atoms with Crippen molar-refractivity contribution in [2.24, 2.45) is 11.8 Å². The summed E-state index contributed by atoms with van der Waals surface area (Å²) in [5.74, 6) is -0.959. The summed E-state index contributed by atoms with van der Waals surface area (Å²) in [6.07, 6.45) is 6.59. The van der Waals surface area contributed by atoms with E-state index in [1.165, 1.54) is 28.8 Å². The fourth-order valence-corrected chi connectivity index (χ4v) is 5.26. The molecule has 1 aliphatic heterocycles. The van der Waals surface area contributed by atoms with E-state index < -0.39 is 21.8 Å². The number of carbonyl (C=O) groups excluding carboxylic acids is 3. The van der Waals surface area contributed by atoms with Gasteiger partial charge in [0.1, 0.15) is 6.04 Å². The molecule has 3 amide bonds. The second-order valence-electron chi connectivity index (χ2n) is 7.63. The Morgan fingerprint density at radius 1 is 1.21 bits per heavy atom. The first kappa shape index (κ1) is 21.8. The van der Waals surface area contributed by atoms with Gasteiger partial charge in [-0.15, -0.1) is 0 Å². The second kappa shape index (κ2) is 8.87. The maximum atomic E-state index is 13.0. The Morgan fingerprint density at radius 2 is 1.83 bits per heavy atom. The van der Waals surface area contributed by atoms with Crippen LogP contribution in [0.5, 0.6) is 0 Å². The molecule has 9 heteroatoms. The van der Waals surface area contributed by atoms with Crippen molar-refractivity contribution < 1.29 is 22.8 Å². The van der Waals surface area contributed by atoms with Crippen LogP contribution >= 0.6 is 11.8 Å². The van der Waals surface area contributed by atoms with Crippen LogP contribution in [0.25, 0.3) is 0 Å². The van der Waals surface area contributed by atoms with E-state index >= 15 is 0 Å². The van der Waals surface area contributed by atoms with E-state index in [1.807, 2.05) is 6.26 Å². The fraction of sp³-hybridized carbons (Fsp3) is 0.550. The molecule has 2 aliphatic rings. The van der Waals surface area contributed by atoms with Crippen LogP contribution in [-0.4, -0.2) is 55.3 Å². The molecule has 1 aliphatic carbocycles. The van der Waals surface area contributed by atoms with Gasteiger partial charge in [-0.1, -0.05) is 18.9 Å². The summed E-state index contributed by atoms with van der Waals surface area (Å²) in [5.41, 5.74) is 0.323. The first-order valence-electron chi connectivity index (χ1n) is 9.71. The molecule has 0 aromatic heterocycles. The molecule has 3 rings (SSSR count). The molecule has 1 aromatic carbocycles. The van der Waals surface area contributed by atoms with Gasteiger partial charge < -0.3 is 5.32 Å². The number of sulfone groups is 1. The number of fused-ring (bicyclic) bond motifs is 1. The van der Waals surface area contributed by atoms with E-state index in [0.29, 0.717) is 30.7 Å². The molecular weight excluding hydrogens is 412 g/mol. The molecule has 7 nitrogen and oxygen atoms in total. The first-order chi connectivity index (χ1) is 13.7. The highest BCUT2D eigenvalue weighted by atomic mass is 32.2. The molecule has 1 saturated heterocycles. The number of hydrogen-bond acceptors (Lipinski definition) is 6. The number of nitrogens with one attached hydrogen (secondary N) is 1. The lowest BCUT2D eigenvalue weighted by molar-refractivity contribution is -0.146. The van der Waals surface area contributed by atoms with Crippen LogP contribution in [0.4, 0.5) is 5.69 Å². The van der Waals surface area contributed by atoms with Crippen molar-refractivity contribution in [3.05, 3.63) is 24.3 Å². The molecule has 2 fully saturated rings. The second-order valence-corrected chi connectivity index (χ2v) is 10.6. The Hall–Kier alpha value is -1.87. The summed E-state index contributed by atoms with van der Waals surface area (Å²) in [6, 6.07) is 5.07. The molecule has 1 N–H and O–H groups in total. The molecule has 0 radical (unpaired) electrons. The van der Waals surface area contributed by atoms with Crippen molar-refractivity contribution in [3.8, 4) is 0 Å². The number of carbonyl (C=O) groups is 3. The van der Waals surface area contributed by atoms with Crippen LogP contribution in [0.3, 0.4) is 0 Å².